The van der Waals surface area contributed by atoms with Crippen molar-refractivity contribution in [1.82, 2.24) is 4.98 Å². The molecule has 0 aromatic carbocycles. The molecule has 108 valence electrons. The van der Waals surface area contributed by atoms with Gasteiger partial charge in [-0.2, -0.15) is 4.99 Å². The molecule has 1 amide bonds. The van der Waals surface area contributed by atoms with Gasteiger partial charge in [-0.1, -0.05) is 0 Å². The Balaban J connectivity index is 3.07. The van der Waals surface area contributed by atoms with E-state index < -0.39 is 6.09 Å². The topological polar surface area (TPSA) is 93.9 Å². The highest BCUT2D eigenvalue weighted by atomic mass is 16.5. The van der Waals surface area contributed by atoms with Crippen LogP contribution < -0.4 is 9.47 Å². The van der Waals surface area contributed by atoms with Crippen LogP contribution in [-0.4, -0.2) is 43.3 Å². The number of aromatic nitrogens is 1. The number of hydrogen-bond donors (Lipinski definition) is 1. The van der Waals surface area contributed by atoms with Crippen molar-refractivity contribution in [3.63, 3.8) is 0 Å². The molecule has 1 rings (SSSR count). The van der Waals surface area contributed by atoms with Crippen LogP contribution in [0, 0.1) is 5.41 Å². The zero-order valence-electron chi connectivity index (χ0n) is 11.9. The Kier molecular flexibility index (Phi) is 5.64. The summed E-state index contributed by atoms with van der Waals surface area (Å²) in [5.74, 6) is 0.772. The van der Waals surface area contributed by atoms with Gasteiger partial charge in [0.2, 0.25) is 0 Å². The number of carbonyl (C=O) groups excluding carboxylic acids is 1. The van der Waals surface area contributed by atoms with Gasteiger partial charge in [-0.25, -0.2) is 9.78 Å². The first-order chi connectivity index (χ1) is 9.53. The smallest absolute Gasteiger partial charge is 0.433 e. The molecule has 7 heteroatoms. The van der Waals surface area contributed by atoms with Gasteiger partial charge >= 0.3 is 6.09 Å². The molecule has 1 aromatic heterocycles. The average molecular weight is 279 g/mol. The van der Waals surface area contributed by atoms with Crippen LogP contribution in [0.3, 0.4) is 0 Å². The summed E-state index contributed by atoms with van der Waals surface area (Å²) in [6, 6.07) is 1.62. The first kappa shape index (κ1) is 15.6. The van der Waals surface area contributed by atoms with Gasteiger partial charge < -0.3 is 14.2 Å². The lowest BCUT2D eigenvalue weighted by molar-refractivity contribution is 0.182. The van der Waals surface area contributed by atoms with Crippen LogP contribution in [0.25, 0.3) is 0 Å². The molecule has 7 nitrogen and oxygen atoms in total. The first-order valence-corrected chi connectivity index (χ1v) is 5.92. The third-order valence-electron chi connectivity index (χ3n) is 2.40. The fraction of sp³-hybridized carbons (Fsp3) is 0.385. The Morgan fingerprint density at radius 2 is 2.15 bits per heavy atom. The summed E-state index contributed by atoms with van der Waals surface area (Å²) in [7, 11) is 2.71. The maximum Gasteiger partial charge on any atom is 0.433 e. The second kappa shape index (κ2) is 7.22. The van der Waals surface area contributed by atoms with Crippen LogP contribution in [0.15, 0.2) is 17.3 Å². The molecule has 0 saturated carbocycles. The monoisotopic (exact) mass is 279 g/mol. The molecule has 0 atom stereocenters. The van der Waals surface area contributed by atoms with Crippen LogP contribution >= 0.6 is 0 Å². The molecule has 1 N–H and O–H groups in total. The molecule has 20 heavy (non-hydrogen) atoms. The van der Waals surface area contributed by atoms with Crippen molar-refractivity contribution >= 4 is 17.5 Å². The third-order valence-corrected chi connectivity index (χ3v) is 2.40. The fourth-order valence-electron chi connectivity index (χ4n) is 1.43. The van der Waals surface area contributed by atoms with Crippen molar-refractivity contribution in [2.24, 2.45) is 4.99 Å². The van der Waals surface area contributed by atoms with Gasteiger partial charge in [-0.15, -0.1) is 0 Å². The Labute approximate surface area is 117 Å². The lowest BCUT2D eigenvalue weighted by atomic mass is 10.1. The standard InChI is InChI=1S/C13H17N3O4/c1-5-20-10-6-9(7-15-12(10)18-3)11(14)8(2)16-13(17)19-4/h6-7,14H,5H2,1-4H3. The van der Waals surface area contributed by atoms with Crippen molar-refractivity contribution in [1.29, 1.82) is 5.41 Å². The molecule has 0 saturated heterocycles. The van der Waals surface area contributed by atoms with Crippen molar-refractivity contribution in [3.8, 4) is 11.6 Å². The number of nitrogens with one attached hydrogen (secondary N) is 1. The molecule has 0 aliphatic carbocycles. The minimum absolute atomic E-state index is 0.0616. The van der Waals surface area contributed by atoms with E-state index in [2.05, 4.69) is 14.7 Å². The maximum atomic E-state index is 11.1. The number of hydrogen-bond acceptors (Lipinski definition) is 6. The van der Waals surface area contributed by atoms with E-state index in [1.54, 1.807) is 13.0 Å². The van der Waals surface area contributed by atoms with E-state index in [1.165, 1.54) is 20.4 Å². The number of nitrogens with zero attached hydrogens (tertiary/aromatic N) is 2. The van der Waals surface area contributed by atoms with E-state index in [0.29, 0.717) is 23.8 Å². The van der Waals surface area contributed by atoms with E-state index in [-0.39, 0.29) is 11.4 Å². The van der Waals surface area contributed by atoms with Gasteiger partial charge in [0.25, 0.3) is 5.88 Å². The van der Waals surface area contributed by atoms with Crippen molar-refractivity contribution in [2.45, 2.75) is 13.8 Å². The lowest BCUT2D eigenvalue weighted by Crippen LogP contribution is -2.14. The summed E-state index contributed by atoms with van der Waals surface area (Å²) < 4.78 is 14.9. The predicted octanol–water partition coefficient (Wildman–Crippen LogP) is 2.08. The molecule has 0 bridgehead atoms. The molecule has 0 fully saturated rings. The van der Waals surface area contributed by atoms with E-state index in [4.69, 9.17) is 14.9 Å². The number of ether oxygens (including phenoxy) is 3. The Hall–Kier alpha value is -2.44. The van der Waals surface area contributed by atoms with Gasteiger partial charge in [0.05, 0.1) is 32.2 Å². The van der Waals surface area contributed by atoms with Gasteiger partial charge in [-0.05, 0) is 19.9 Å². The summed E-state index contributed by atoms with van der Waals surface area (Å²) in [5, 5.41) is 7.99. The Bertz CT molecular complexity index is 540. The average Bonchev–Trinajstić information content (AvgIpc) is 2.46. The van der Waals surface area contributed by atoms with Crippen LogP contribution in [0.5, 0.6) is 11.6 Å². The van der Waals surface area contributed by atoms with Gasteiger partial charge in [-0.3, -0.25) is 5.41 Å². The van der Waals surface area contributed by atoms with E-state index in [1.807, 2.05) is 6.92 Å². The number of methoxy groups -OCH3 is 2. The highest BCUT2D eigenvalue weighted by Crippen LogP contribution is 2.25. The second-order valence-electron chi connectivity index (χ2n) is 3.71. The fourth-order valence-corrected chi connectivity index (χ4v) is 1.43. The van der Waals surface area contributed by atoms with Crippen LogP contribution in [-0.2, 0) is 4.74 Å². The van der Waals surface area contributed by atoms with Crippen molar-refractivity contribution < 1.29 is 19.0 Å². The van der Waals surface area contributed by atoms with Crippen LogP contribution in [0.1, 0.15) is 19.4 Å². The quantitative estimate of drug-likeness (QED) is 0.833. The number of rotatable bonds is 5. The number of carbonyl (C=O) groups is 1. The zero-order chi connectivity index (χ0) is 15.1. The Morgan fingerprint density at radius 1 is 1.45 bits per heavy atom. The second-order valence-corrected chi connectivity index (χ2v) is 3.71. The van der Waals surface area contributed by atoms with E-state index in [9.17, 15) is 4.79 Å². The van der Waals surface area contributed by atoms with E-state index >= 15 is 0 Å². The van der Waals surface area contributed by atoms with Gasteiger partial charge in [0, 0.05) is 11.8 Å². The summed E-state index contributed by atoms with van der Waals surface area (Å²) >= 11 is 0. The highest BCUT2D eigenvalue weighted by Gasteiger charge is 2.13. The van der Waals surface area contributed by atoms with Crippen LogP contribution in [0.2, 0.25) is 0 Å². The molecular weight excluding hydrogens is 262 g/mol. The predicted molar refractivity (Wildman–Crippen MR) is 74.3 cm³/mol. The largest absolute Gasteiger partial charge is 0.488 e. The van der Waals surface area contributed by atoms with Gasteiger partial charge in [0.15, 0.2) is 5.75 Å². The normalized spacial score (nSPS) is 10.9. The molecule has 1 heterocycles. The number of aliphatic imine (C=N–C) groups is 1. The summed E-state index contributed by atoms with van der Waals surface area (Å²) in [6.07, 6.45) is 0.707. The zero-order valence-corrected chi connectivity index (χ0v) is 11.9. The van der Waals surface area contributed by atoms with Crippen LogP contribution in [0.4, 0.5) is 4.79 Å². The molecule has 1 aromatic rings. The summed E-state index contributed by atoms with van der Waals surface area (Å²) in [5.41, 5.74) is 0.761. The summed E-state index contributed by atoms with van der Waals surface area (Å²) in [6.45, 7) is 3.83. The van der Waals surface area contributed by atoms with Gasteiger partial charge in [0.1, 0.15) is 0 Å². The summed E-state index contributed by atoms with van der Waals surface area (Å²) in [4.78, 5) is 18.7. The number of amides is 1. The SMILES string of the molecule is CCOc1cc(C(=N)C(C)=NC(=O)OC)cnc1OC. The molecule has 0 aliphatic rings. The molecule has 0 aliphatic heterocycles. The first-order valence-electron chi connectivity index (χ1n) is 5.92. The maximum absolute atomic E-state index is 11.1. The minimum Gasteiger partial charge on any atom is -0.488 e. The van der Waals surface area contributed by atoms with Crippen molar-refractivity contribution in [2.75, 3.05) is 20.8 Å². The molecule has 0 unspecified atom stereocenters. The number of pyridine rings is 1. The lowest BCUT2D eigenvalue weighted by Gasteiger charge is -2.10. The molecule has 0 radical (unpaired) electrons. The Morgan fingerprint density at radius 3 is 2.70 bits per heavy atom. The third kappa shape index (κ3) is 3.78. The molecule has 0 spiro atoms. The minimum atomic E-state index is -0.751. The molecular formula is C13H17N3O4. The highest BCUT2D eigenvalue weighted by molar-refractivity contribution is 6.47. The van der Waals surface area contributed by atoms with E-state index in [0.717, 1.165) is 0 Å². The van der Waals surface area contributed by atoms with Crippen molar-refractivity contribution in [3.05, 3.63) is 17.8 Å².